The van der Waals surface area contributed by atoms with Crippen LogP contribution in [0.3, 0.4) is 0 Å². The van der Waals surface area contributed by atoms with E-state index in [1.54, 1.807) is 12.1 Å². The first-order valence-corrected chi connectivity index (χ1v) is 5.82. The van der Waals surface area contributed by atoms with Gasteiger partial charge in [0.05, 0.1) is 0 Å². The number of rotatable bonds is 3. The summed E-state index contributed by atoms with van der Waals surface area (Å²) in [5.74, 6) is -0.169. The van der Waals surface area contributed by atoms with E-state index in [2.05, 4.69) is 10.3 Å². The summed E-state index contributed by atoms with van der Waals surface area (Å²) in [5, 5.41) is 4.48. The smallest absolute Gasteiger partial charge is 0.123 e. The molecule has 2 aromatic rings. The molecule has 1 aromatic heterocycles. The van der Waals surface area contributed by atoms with Gasteiger partial charge in [-0.15, -0.1) is 0 Å². The van der Waals surface area contributed by atoms with Crippen molar-refractivity contribution in [2.75, 3.05) is 0 Å². The third-order valence-electron chi connectivity index (χ3n) is 3.42. The molecule has 3 rings (SSSR count). The highest BCUT2D eigenvalue weighted by molar-refractivity contribution is 5.83. The normalized spacial score (nSPS) is 16.6. The number of H-pyrrole nitrogens is 1. The van der Waals surface area contributed by atoms with Gasteiger partial charge in [-0.25, -0.2) is 4.39 Å². The molecule has 0 atom stereocenters. The summed E-state index contributed by atoms with van der Waals surface area (Å²) in [5.41, 5.74) is 2.16. The van der Waals surface area contributed by atoms with Crippen molar-refractivity contribution >= 4 is 10.9 Å². The summed E-state index contributed by atoms with van der Waals surface area (Å²) < 4.78 is 13.1. The van der Waals surface area contributed by atoms with Gasteiger partial charge >= 0.3 is 0 Å². The van der Waals surface area contributed by atoms with Crippen LogP contribution in [0.25, 0.3) is 10.9 Å². The molecular weight excluding hydrogens is 203 g/mol. The van der Waals surface area contributed by atoms with Crippen molar-refractivity contribution in [1.29, 1.82) is 0 Å². The molecule has 1 fully saturated rings. The Hall–Kier alpha value is -1.35. The number of aromatic nitrogens is 1. The Bertz CT molecular complexity index is 500. The molecule has 0 radical (unpaired) electrons. The van der Waals surface area contributed by atoms with E-state index >= 15 is 0 Å². The number of nitrogens with one attached hydrogen (secondary N) is 2. The van der Waals surface area contributed by atoms with Crippen LogP contribution in [-0.2, 0) is 6.54 Å². The van der Waals surface area contributed by atoms with Crippen LogP contribution in [0.15, 0.2) is 24.4 Å². The van der Waals surface area contributed by atoms with Gasteiger partial charge in [-0.2, -0.15) is 0 Å². The topological polar surface area (TPSA) is 27.8 Å². The second kappa shape index (κ2) is 3.91. The van der Waals surface area contributed by atoms with Crippen LogP contribution in [0.5, 0.6) is 0 Å². The minimum atomic E-state index is -0.169. The minimum absolute atomic E-state index is 0.169. The highest BCUT2D eigenvalue weighted by Crippen LogP contribution is 2.22. The SMILES string of the molecule is Fc1ccc2[nH]cc(CNC3CCC3)c2c1. The molecule has 1 aromatic carbocycles. The lowest BCUT2D eigenvalue weighted by Gasteiger charge is -2.26. The molecule has 1 heterocycles. The van der Waals surface area contributed by atoms with E-state index in [-0.39, 0.29) is 5.82 Å². The lowest BCUT2D eigenvalue weighted by Crippen LogP contribution is -2.34. The Balaban J connectivity index is 1.82. The van der Waals surface area contributed by atoms with Crippen molar-refractivity contribution in [3.05, 3.63) is 35.8 Å². The number of fused-ring (bicyclic) bond motifs is 1. The summed E-state index contributed by atoms with van der Waals surface area (Å²) >= 11 is 0. The van der Waals surface area contributed by atoms with Gasteiger partial charge in [-0.3, -0.25) is 0 Å². The van der Waals surface area contributed by atoms with Gasteiger partial charge < -0.3 is 10.3 Å². The molecule has 0 bridgehead atoms. The van der Waals surface area contributed by atoms with Crippen molar-refractivity contribution in [3.8, 4) is 0 Å². The Kier molecular flexibility index (Phi) is 2.40. The van der Waals surface area contributed by atoms with Crippen LogP contribution in [-0.4, -0.2) is 11.0 Å². The molecule has 0 amide bonds. The Morgan fingerprint density at radius 2 is 2.25 bits per heavy atom. The molecule has 0 saturated heterocycles. The van der Waals surface area contributed by atoms with Crippen LogP contribution in [0.1, 0.15) is 24.8 Å². The first-order valence-electron chi connectivity index (χ1n) is 5.82. The molecule has 0 aliphatic heterocycles. The van der Waals surface area contributed by atoms with Gasteiger partial charge in [-0.1, -0.05) is 6.42 Å². The zero-order chi connectivity index (χ0) is 11.0. The van der Waals surface area contributed by atoms with E-state index in [4.69, 9.17) is 0 Å². The molecule has 1 saturated carbocycles. The van der Waals surface area contributed by atoms with Gasteiger partial charge in [0.1, 0.15) is 5.82 Å². The molecule has 2 N–H and O–H groups in total. The van der Waals surface area contributed by atoms with E-state index in [0.717, 1.165) is 23.0 Å². The summed E-state index contributed by atoms with van der Waals surface area (Å²) in [7, 11) is 0. The summed E-state index contributed by atoms with van der Waals surface area (Å²) in [6, 6.07) is 5.54. The second-order valence-corrected chi connectivity index (χ2v) is 4.51. The maximum absolute atomic E-state index is 13.1. The van der Waals surface area contributed by atoms with Gasteiger partial charge in [0.2, 0.25) is 0 Å². The molecular formula is C13H15FN2. The van der Waals surface area contributed by atoms with Crippen LogP contribution >= 0.6 is 0 Å². The second-order valence-electron chi connectivity index (χ2n) is 4.51. The molecule has 0 spiro atoms. The fraction of sp³-hybridized carbons (Fsp3) is 0.385. The molecule has 2 nitrogen and oxygen atoms in total. The first kappa shape index (κ1) is 9.85. The predicted octanol–water partition coefficient (Wildman–Crippen LogP) is 2.95. The zero-order valence-corrected chi connectivity index (χ0v) is 9.09. The number of benzene rings is 1. The molecule has 84 valence electrons. The maximum Gasteiger partial charge on any atom is 0.123 e. The molecule has 1 aliphatic rings. The largest absolute Gasteiger partial charge is 0.361 e. The monoisotopic (exact) mass is 218 g/mol. The third-order valence-corrected chi connectivity index (χ3v) is 3.42. The van der Waals surface area contributed by atoms with E-state index in [1.807, 2.05) is 6.20 Å². The van der Waals surface area contributed by atoms with E-state index in [0.29, 0.717) is 6.04 Å². The van der Waals surface area contributed by atoms with Crippen LogP contribution in [0, 0.1) is 5.82 Å². The number of aromatic amines is 1. The fourth-order valence-electron chi connectivity index (χ4n) is 2.16. The van der Waals surface area contributed by atoms with Crippen molar-refractivity contribution in [1.82, 2.24) is 10.3 Å². The standard InChI is InChI=1S/C13H15FN2/c14-10-4-5-13-12(6-10)9(8-16-13)7-15-11-2-1-3-11/h4-6,8,11,15-16H,1-3,7H2. The Morgan fingerprint density at radius 1 is 1.38 bits per heavy atom. The number of hydrogen-bond acceptors (Lipinski definition) is 1. The van der Waals surface area contributed by atoms with Crippen molar-refractivity contribution in [2.24, 2.45) is 0 Å². The predicted molar refractivity (Wildman–Crippen MR) is 62.7 cm³/mol. The summed E-state index contributed by atoms with van der Waals surface area (Å²) in [6.07, 6.45) is 5.85. The highest BCUT2D eigenvalue weighted by Gasteiger charge is 2.16. The fourth-order valence-corrected chi connectivity index (χ4v) is 2.16. The van der Waals surface area contributed by atoms with E-state index < -0.39 is 0 Å². The average molecular weight is 218 g/mol. The average Bonchev–Trinajstić information content (AvgIpc) is 2.59. The van der Waals surface area contributed by atoms with Gasteiger partial charge in [0, 0.05) is 29.7 Å². The summed E-state index contributed by atoms with van der Waals surface area (Å²) in [6.45, 7) is 0.827. The summed E-state index contributed by atoms with van der Waals surface area (Å²) in [4.78, 5) is 3.17. The van der Waals surface area contributed by atoms with Crippen molar-refractivity contribution in [3.63, 3.8) is 0 Å². The molecule has 3 heteroatoms. The van der Waals surface area contributed by atoms with Crippen LogP contribution in [0.2, 0.25) is 0 Å². The van der Waals surface area contributed by atoms with Crippen molar-refractivity contribution < 1.29 is 4.39 Å². The maximum atomic E-state index is 13.1. The molecule has 16 heavy (non-hydrogen) atoms. The van der Waals surface area contributed by atoms with Gasteiger partial charge in [0.15, 0.2) is 0 Å². The number of hydrogen-bond donors (Lipinski definition) is 2. The van der Waals surface area contributed by atoms with Crippen LogP contribution < -0.4 is 5.32 Å². The van der Waals surface area contributed by atoms with E-state index in [1.165, 1.54) is 25.3 Å². The lowest BCUT2D eigenvalue weighted by atomic mass is 9.93. The zero-order valence-electron chi connectivity index (χ0n) is 9.09. The van der Waals surface area contributed by atoms with E-state index in [9.17, 15) is 4.39 Å². The lowest BCUT2D eigenvalue weighted by molar-refractivity contribution is 0.338. The quantitative estimate of drug-likeness (QED) is 0.814. The minimum Gasteiger partial charge on any atom is -0.361 e. The molecule has 1 aliphatic carbocycles. The highest BCUT2D eigenvalue weighted by atomic mass is 19.1. The van der Waals surface area contributed by atoms with Gasteiger partial charge in [-0.05, 0) is 36.6 Å². The number of halogens is 1. The first-order chi connectivity index (χ1) is 7.83. The van der Waals surface area contributed by atoms with Crippen LogP contribution in [0.4, 0.5) is 4.39 Å². The Morgan fingerprint density at radius 3 is 3.00 bits per heavy atom. The Labute approximate surface area is 93.9 Å². The van der Waals surface area contributed by atoms with Gasteiger partial charge in [0.25, 0.3) is 0 Å². The van der Waals surface area contributed by atoms with Crippen molar-refractivity contribution in [2.45, 2.75) is 31.8 Å². The molecule has 0 unspecified atom stereocenters. The third kappa shape index (κ3) is 1.71.